The van der Waals surface area contributed by atoms with Crippen molar-refractivity contribution in [2.24, 2.45) is 5.92 Å². The number of carbonyl (C=O) groups is 1. The molecule has 0 aromatic heterocycles. The first-order valence-electron chi connectivity index (χ1n) is 9.89. The van der Waals surface area contributed by atoms with E-state index in [1.54, 1.807) is 24.3 Å². The molecule has 0 spiro atoms. The van der Waals surface area contributed by atoms with Gasteiger partial charge in [-0.1, -0.05) is 31.2 Å². The van der Waals surface area contributed by atoms with E-state index in [9.17, 15) is 13.6 Å². The number of hydrogen-bond acceptors (Lipinski definition) is 3. The molecular weight excluding hydrogens is 362 g/mol. The molecule has 2 bridgehead atoms. The summed E-state index contributed by atoms with van der Waals surface area (Å²) in [6.45, 7) is 1.86. The van der Waals surface area contributed by atoms with Crippen LogP contribution in [0.15, 0.2) is 48.5 Å². The maximum atomic E-state index is 13.4. The molecule has 2 heterocycles. The number of ether oxygens (including phenoxy) is 2. The summed E-state index contributed by atoms with van der Waals surface area (Å²) in [5.41, 5.74) is 1.55. The number of fused-ring (bicyclic) bond motifs is 2. The minimum Gasteiger partial charge on any atom is -0.374 e. The van der Waals surface area contributed by atoms with Crippen molar-refractivity contribution in [1.29, 1.82) is 0 Å². The van der Waals surface area contributed by atoms with Crippen LogP contribution < -0.4 is 0 Å². The molecule has 28 heavy (non-hydrogen) atoms. The SMILES string of the molecule is CCC(=O)C1C2CCC(CC1OC(c1ccc(F)cc1)c1ccc(F)cc1)O2. The van der Waals surface area contributed by atoms with E-state index in [0.29, 0.717) is 12.8 Å². The number of ketones is 1. The minimum atomic E-state index is -0.504. The Hall–Kier alpha value is -2.11. The summed E-state index contributed by atoms with van der Waals surface area (Å²) in [6.07, 6.45) is 2.14. The molecule has 0 radical (unpaired) electrons. The predicted octanol–water partition coefficient (Wildman–Crippen LogP) is 4.99. The highest BCUT2D eigenvalue weighted by atomic mass is 19.1. The normalized spacial score (nSPS) is 26.6. The maximum absolute atomic E-state index is 13.4. The summed E-state index contributed by atoms with van der Waals surface area (Å²) in [5.74, 6) is -0.811. The van der Waals surface area contributed by atoms with Crippen molar-refractivity contribution < 1.29 is 23.0 Å². The van der Waals surface area contributed by atoms with Gasteiger partial charge in [0.2, 0.25) is 0 Å². The van der Waals surface area contributed by atoms with E-state index in [2.05, 4.69) is 0 Å². The number of hydrogen-bond donors (Lipinski definition) is 0. The van der Waals surface area contributed by atoms with Crippen LogP contribution in [0.2, 0.25) is 0 Å². The Labute approximate surface area is 163 Å². The lowest BCUT2D eigenvalue weighted by molar-refractivity contribution is -0.157. The summed E-state index contributed by atoms with van der Waals surface area (Å²) in [4.78, 5) is 12.6. The van der Waals surface area contributed by atoms with Gasteiger partial charge in [-0.2, -0.15) is 0 Å². The molecule has 0 N–H and O–H groups in total. The first-order chi connectivity index (χ1) is 13.5. The van der Waals surface area contributed by atoms with Crippen LogP contribution in [0.1, 0.15) is 49.8 Å². The fourth-order valence-corrected chi connectivity index (χ4v) is 4.41. The Morgan fingerprint density at radius 1 is 1.04 bits per heavy atom. The van der Waals surface area contributed by atoms with Crippen LogP contribution in [0.3, 0.4) is 0 Å². The molecule has 2 fully saturated rings. The highest BCUT2D eigenvalue weighted by Crippen LogP contribution is 2.41. The molecule has 5 heteroatoms. The molecule has 4 unspecified atom stereocenters. The predicted molar refractivity (Wildman–Crippen MR) is 101 cm³/mol. The van der Waals surface area contributed by atoms with Crippen molar-refractivity contribution in [3.63, 3.8) is 0 Å². The number of benzene rings is 2. The smallest absolute Gasteiger partial charge is 0.140 e. The first kappa shape index (κ1) is 19.2. The highest BCUT2D eigenvalue weighted by molar-refractivity contribution is 5.82. The second-order valence-corrected chi connectivity index (χ2v) is 7.61. The summed E-state index contributed by atoms with van der Waals surface area (Å²) >= 11 is 0. The van der Waals surface area contributed by atoms with E-state index < -0.39 is 6.10 Å². The van der Waals surface area contributed by atoms with Gasteiger partial charge in [0.15, 0.2) is 0 Å². The van der Waals surface area contributed by atoms with Gasteiger partial charge in [-0.05, 0) is 48.2 Å². The fourth-order valence-electron chi connectivity index (χ4n) is 4.41. The number of halogens is 2. The van der Waals surface area contributed by atoms with Gasteiger partial charge in [-0.15, -0.1) is 0 Å². The second-order valence-electron chi connectivity index (χ2n) is 7.61. The number of Topliss-reactive ketones (excluding diaryl/α,β-unsaturated/α-hetero) is 1. The lowest BCUT2D eigenvalue weighted by Crippen LogP contribution is -2.45. The third-order valence-electron chi connectivity index (χ3n) is 5.81. The van der Waals surface area contributed by atoms with Crippen LogP contribution in [-0.2, 0) is 14.3 Å². The Morgan fingerprint density at radius 2 is 1.61 bits per heavy atom. The topological polar surface area (TPSA) is 35.5 Å². The molecule has 2 aromatic carbocycles. The average molecular weight is 386 g/mol. The maximum Gasteiger partial charge on any atom is 0.140 e. The molecule has 0 amide bonds. The summed E-state index contributed by atoms with van der Waals surface area (Å²) in [6, 6.07) is 12.2. The molecule has 2 saturated heterocycles. The van der Waals surface area contributed by atoms with Crippen molar-refractivity contribution in [3.8, 4) is 0 Å². The Kier molecular flexibility index (Phi) is 5.56. The van der Waals surface area contributed by atoms with Gasteiger partial charge in [-0.25, -0.2) is 8.78 Å². The molecule has 3 nitrogen and oxygen atoms in total. The van der Waals surface area contributed by atoms with Crippen molar-refractivity contribution in [2.75, 3.05) is 0 Å². The zero-order valence-corrected chi connectivity index (χ0v) is 15.8. The molecule has 2 aliphatic rings. The third kappa shape index (κ3) is 3.87. The first-order valence-corrected chi connectivity index (χ1v) is 9.89. The van der Waals surface area contributed by atoms with Crippen LogP contribution in [0, 0.1) is 17.6 Å². The monoisotopic (exact) mass is 386 g/mol. The fraction of sp³-hybridized carbons (Fsp3) is 0.435. The molecule has 0 aliphatic carbocycles. The van der Waals surface area contributed by atoms with Crippen molar-refractivity contribution in [1.82, 2.24) is 0 Å². The van der Waals surface area contributed by atoms with E-state index >= 15 is 0 Å². The van der Waals surface area contributed by atoms with Gasteiger partial charge < -0.3 is 9.47 Å². The van der Waals surface area contributed by atoms with Gasteiger partial charge in [-0.3, -0.25) is 4.79 Å². The van der Waals surface area contributed by atoms with Crippen LogP contribution in [0.25, 0.3) is 0 Å². The molecule has 148 valence electrons. The average Bonchev–Trinajstić information content (AvgIpc) is 3.08. The molecule has 2 aliphatic heterocycles. The van der Waals surface area contributed by atoms with Crippen LogP contribution in [0.5, 0.6) is 0 Å². The van der Waals surface area contributed by atoms with Crippen LogP contribution in [-0.4, -0.2) is 24.1 Å². The third-order valence-corrected chi connectivity index (χ3v) is 5.81. The standard InChI is InChI=1S/C23H24F2O3/c1-2-19(26)22-20-12-11-18(27-20)13-21(22)28-23(14-3-7-16(24)8-4-14)15-5-9-17(25)10-6-15/h3-10,18,20-23H,2,11-13H2,1H3. The summed E-state index contributed by atoms with van der Waals surface area (Å²) in [5, 5.41) is 0. The highest BCUT2D eigenvalue weighted by Gasteiger charge is 2.47. The Bertz CT molecular complexity index is 773. The van der Waals surface area contributed by atoms with Crippen LogP contribution >= 0.6 is 0 Å². The lowest BCUT2D eigenvalue weighted by Gasteiger charge is -2.38. The number of rotatable bonds is 6. The van der Waals surface area contributed by atoms with E-state index in [4.69, 9.17) is 9.47 Å². The van der Waals surface area contributed by atoms with Crippen molar-refractivity contribution >= 4 is 5.78 Å². The van der Waals surface area contributed by atoms with E-state index in [0.717, 1.165) is 24.0 Å². The molecule has 4 atom stereocenters. The molecular formula is C23H24F2O3. The Balaban J connectivity index is 1.67. The van der Waals surface area contributed by atoms with Gasteiger partial charge in [0.1, 0.15) is 23.5 Å². The van der Waals surface area contributed by atoms with E-state index in [1.165, 1.54) is 24.3 Å². The number of carbonyl (C=O) groups excluding carboxylic acids is 1. The van der Waals surface area contributed by atoms with Gasteiger partial charge >= 0.3 is 0 Å². The van der Waals surface area contributed by atoms with E-state index in [1.807, 2.05) is 6.92 Å². The largest absolute Gasteiger partial charge is 0.374 e. The quantitative estimate of drug-likeness (QED) is 0.702. The Morgan fingerprint density at radius 3 is 2.14 bits per heavy atom. The zero-order chi connectivity index (χ0) is 19.7. The lowest BCUT2D eigenvalue weighted by atomic mass is 9.86. The molecule has 0 saturated carbocycles. The minimum absolute atomic E-state index is 0.0988. The summed E-state index contributed by atoms with van der Waals surface area (Å²) < 4.78 is 39.4. The summed E-state index contributed by atoms with van der Waals surface area (Å²) in [7, 11) is 0. The van der Waals surface area contributed by atoms with E-state index in [-0.39, 0.29) is 41.6 Å². The molecule has 2 aromatic rings. The van der Waals surface area contributed by atoms with Gasteiger partial charge in [0.25, 0.3) is 0 Å². The van der Waals surface area contributed by atoms with Crippen LogP contribution in [0.4, 0.5) is 8.78 Å². The molecule has 4 rings (SSSR count). The van der Waals surface area contributed by atoms with Crippen molar-refractivity contribution in [2.45, 2.75) is 57.0 Å². The zero-order valence-electron chi connectivity index (χ0n) is 15.8. The van der Waals surface area contributed by atoms with Crippen molar-refractivity contribution in [3.05, 3.63) is 71.3 Å². The van der Waals surface area contributed by atoms with Gasteiger partial charge in [0.05, 0.1) is 24.2 Å². The second kappa shape index (κ2) is 8.10. The van der Waals surface area contributed by atoms with Gasteiger partial charge in [0, 0.05) is 12.8 Å².